The van der Waals surface area contributed by atoms with Crippen LogP contribution in [0.5, 0.6) is 17.2 Å². The van der Waals surface area contributed by atoms with Crippen molar-refractivity contribution in [3.05, 3.63) is 141 Å². The number of aromatic nitrogens is 4. The van der Waals surface area contributed by atoms with Gasteiger partial charge < -0.3 is 28.8 Å². The number of sulfonamides is 1. The number of nitrogens with one attached hydrogen (secondary N) is 1. The number of imide groups is 1. The summed E-state index contributed by atoms with van der Waals surface area (Å²) in [6, 6.07) is 29.0. The molecule has 5 aromatic carbocycles. The standard InChI is InChI=1S/C45H43IN8O10S2/c1-62-33-14-8-28(9-15-33)23-51(24-29-10-16-34(63-2)17-11-29)66(60,61)41-39(21-20-38(46)40(41)42-47-50-54(48-42)25-30-12-18-35(64-3)19-13-30)65(59)49-31-22-32(52(26-31)45(57)58)27-53-43(55)36-6-4-5-7-37(36)44(53)56/h4-21,31-32,49H,22-27H2,1-3H3,(H,57,58)/t31-,32+,65?/m1/s1. The molecule has 1 aromatic heterocycles. The summed E-state index contributed by atoms with van der Waals surface area (Å²) in [6.45, 7) is -0.448. The van der Waals surface area contributed by atoms with Crippen LogP contribution in [0.25, 0.3) is 11.4 Å². The van der Waals surface area contributed by atoms with Gasteiger partial charge in [-0.2, -0.15) is 9.10 Å². The van der Waals surface area contributed by atoms with Gasteiger partial charge in [0, 0.05) is 29.7 Å². The van der Waals surface area contributed by atoms with Crippen molar-refractivity contribution >= 4 is 61.9 Å². The predicted molar refractivity (Wildman–Crippen MR) is 249 cm³/mol. The van der Waals surface area contributed by atoms with Crippen molar-refractivity contribution in [3.8, 4) is 28.6 Å². The van der Waals surface area contributed by atoms with E-state index in [4.69, 9.17) is 14.2 Å². The third-order valence-corrected chi connectivity index (χ3v) is 15.5. The zero-order valence-corrected chi connectivity index (χ0v) is 39.5. The molecule has 3 amide bonds. The largest absolute Gasteiger partial charge is 0.593 e. The minimum Gasteiger partial charge on any atom is -0.593 e. The van der Waals surface area contributed by atoms with E-state index in [1.807, 2.05) is 34.7 Å². The average Bonchev–Trinajstić information content (AvgIpc) is 4.02. The molecule has 1 fully saturated rings. The molecule has 1 unspecified atom stereocenters. The van der Waals surface area contributed by atoms with Crippen LogP contribution in [0.2, 0.25) is 0 Å². The Labute approximate surface area is 396 Å². The summed E-state index contributed by atoms with van der Waals surface area (Å²) in [5.41, 5.74) is 2.59. The minimum atomic E-state index is -4.67. The van der Waals surface area contributed by atoms with Crippen LogP contribution in [0.3, 0.4) is 0 Å². The second-order valence-electron chi connectivity index (χ2n) is 15.4. The number of fused-ring (bicyclic) bond motifs is 1. The smallest absolute Gasteiger partial charge is 0.407 e. The van der Waals surface area contributed by atoms with E-state index in [0.717, 1.165) is 15.4 Å². The van der Waals surface area contributed by atoms with E-state index in [1.54, 1.807) is 98.1 Å². The lowest BCUT2D eigenvalue weighted by molar-refractivity contribution is 0.0603. The summed E-state index contributed by atoms with van der Waals surface area (Å²) in [7, 11) is -0.0405. The molecule has 2 aliphatic rings. The number of hydrogen-bond acceptors (Lipinski definition) is 13. The molecule has 21 heteroatoms. The van der Waals surface area contributed by atoms with E-state index in [-0.39, 0.29) is 71.5 Å². The molecule has 6 aromatic rings. The number of amides is 3. The Balaban J connectivity index is 1.17. The van der Waals surface area contributed by atoms with Gasteiger partial charge in [0.15, 0.2) is 9.79 Å². The molecule has 2 aliphatic heterocycles. The molecule has 0 bridgehead atoms. The number of hydrogen-bond donors (Lipinski definition) is 2. The van der Waals surface area contributed by atoms with Crippen LogP contribution in [0.4, 0.5) is 4.79 Å². The second-order valence-corrected chi connectivity index (χ2v) is 19.6. The Morgan fingerprint density at radius 1 is 0.833 bits per heavy atom. The van der Waals surface area contributed by atoms with Crippen molar-refractivity contribution in [2.75, 3.05) is 34.4 Å². The van der Waals surface area contributed by atoms with Gasteiger partial charge in [0.05, 0.1) is 68.0 Å². The number of carboxylic acid groups (broad SMARTS) is 1. The second kappa shape index (κ2) is 19.8. The van der Waals surface area contributed by atoms with Gasteiger partial charge in [0.25, 0.3) is 11.8 Å². The molecule has 18 nitrogen and oxygen atoms in total. The van der Waals surface area contributed by atoms with Crippen LogP contribution in [-0.4, -0.2) is 117 Å². The van der Waals surface area contributed by atoms with E-state index in [2.05, 4.69) is 20.1 Å². The van der Waals surface area contributed by atoms with Crippen LogP contribution >= 0.6 is 22.6 Å². The first-order chi connectivity index (χ1) is 31.8. The highest BCUT2D eigenvalue weighted by Gasteiger charge is 2.44. The lowest BCUT2D eigenvalue weighted by Crippen LogP contribution is -2.44. The number of carbonyl (C=O) groups is 3. The van der Waals surface area contributed by atoms with E-state index >= 15 is 8.42 Å². The number of nitrogens with zero attached hydrogens (tertiary/aromatic N) is 7. The third-order valence-electron chi connectivity index (χ3n) is 11.3. The molecule has 0 spiro atoms. The van der Waals surface area contributed by atoms with E-state index in [0.29, 0.717) is 31.9 Å². The van der Waals surface area contributed by atoms with Crippen LogP contribution < -0.4 is 18.9 Å². The van der Waals surface area contributed by atoms with Crippen molar-refractivity contribution in [2.45, 2.75) is 47.9 Å². The number of likely N-dealkylation sites (tertiary alicyclic amines) is 1. The van der Waals surface area contributed by atoms with Crippen molar-refractivity contribution in [3.63, 3.8) is 0 Å². The highest BCUT2D eigenvalue weighted by Crippen LogP contribution is 2.38. The number of carbonyl (C=O) groups excluding carboxylic acids is 2. The molecule has 8 rings (SSSR count). The van der Waals surface area contributed by atoms with E-state index in [1.165, 1.54) is 29.4 Å². The fourth-order valence-electron chi connectivity index (χ4n) is 7.92. The van der Waals surface area contributed by atoms with E-state index in [9.17, 15) is 24.0 Å². The normalized spacial score (nSPS) is 16.5. The summed E-state index contributed by atoms with van der Waals surface area (Å²) < 4.78 is 66.8. The lowest BCUT2D eigenvalue weighted by Gasteiger charge is -2.26. The number of methoxy groups -OCH3 is 3. The molecule has 66 heavy (non-hydrogen) atoms. The fraction of sp³-hybridized carbons (Fsp3) is 0.244. The summed E-state index contributed by atoms with van der Waals surface area (Å²) in [4.78, 5) is 42.1. The number of ether oxygens (including phenoxy) is 3. The summed E-state index contributed by atoms with van der Waals surface area (Å²) in [5.74, 6) is 0.702. The Morgan fingerprint density at radius 3 is 1.88 bits per heavy atom. The van der Waals surface area contributed by atoms with Gasteiger partial charge in [-0.15, -0.1) is 14.9 Å². The highest BCUT2D eigenvalue weighted by atomic mass is 127. The Hall–Kier alpha value is -6.11. The van der Waals surface area contributed by atoms with Crippen LogP contribution in [0, 0.1) is 3.57 Å². The van der Waals surface area contributed by atoms with Crippen molar-refractivity contribution < 1.29 is 46.7 Å². The van der Waals surface area contributed by atoms with Crippen molar-refractivity contribution in [1.29, 1.82) is 0 Å². The first kappa shape index (κ1) is 46.4. The molecule has 2 N–H and O–H groups in total. The van der Waals surface area contributed by atoms with Gasteiger partial charge in [-0.25, -0.2) is 13.2 Å². The van der Waals surface area contributed by atoms with Gasteiger partial charge in [0.1, 0.15) is 17.2 Å². The summed E-state index contributed by atoms with van der Waals surface area (Å²) >= 11 is -0.324. The number of tetrazole rings is 1. The van der Waals surface area contributed by atoms with Gasteiger partial charge >= 0.3 is 6.09 Å². The molecule has 3 heterocycles. The molecular weight excluding hydrogens is 1000 g/mol. The number of benzene rings is 5. The Kier molecular flexibility index (Phi) is 13.9. The molecule has 3 atom stereocenters. The van der Waals surface area contributed by atoms with Crippen LogP contribution in [0.1, 0.15) is 43.8 Å². The minimum absolute atomic E-state index is 0.0434. The molecule has 342 valence electrons. The molecule has 0 saturated carbocycles. The van der Waals surface area contributed by atoms with Crippen molar-refractivity contribution in [2.24, 2.45) is 0 Å². The highest BCUT2D eigenvalue weighted by molar-refractivity contribution is 14.1. The topological polar surface area (TPSA) is 222 Å². The molecule has 1 saturated heterocycles. The maximum absolute atomic E-state index is 15.7. The van der Waals surface area contributed by atoms with Gasteiger partial charge in [-0.3, -0.25) is 14.5 Å². The predicted octanol–water partition coefficient (Wildman–Crippen LogP) is 5.44. The van der Waals surface area contributed by atoms with Gasteiger partial charge in [0.2, 0.25) is 15.8 Å². The first-order valence-electron chi connectivity index (χ1n) is 20.4. The zero-order chi connectivity index (χ0) is 46.7. The van der Waals surface area contributed by atoms with Crippen molar-refractivity contribution in [1.82, 2.24) is 39.0 Å². The van der Waals surface area contributed by atoms with Gasteiger partial charge in [-0.05, 0) is 112 Å². The average molecular weight is 1050 g/mol. The fourth-order valence-corrected chi connectivity index (χ4v) is 12.1. The monoisotopic (exact) mass is 1050 g/mol. The van der Waals surface area contributed by atoms with E-state index < -0.39 is 51.4 Å². The first-order valence-corrected chi connectivity index (χ1v) is 24.1. The molecule has 0 radical (unpaired) electrons. The third kappa shape index (κ3) is 9.71. The molecular formula is C45H43IN8O10S2. The SMILES string of the molecule is COc1ccc(CN(Cc2ccc(OC)cc2)S(=O)(=O)c2c([S+]([O-])N[C@@H]3C[C@@H](CN4C(=O)c5ccccc5C4=O)N(C(=O)O)C3)ccc(I)c2-c2nnn(Cc3ccc(OC)cc3)n2)cc1. The van der Waals surface area contributed by atoms with Crippen LogP contribution in [-0.2, 0) is 41.0 Å². The number of rotatable bonds is 17. The summed E-state index contributed by atoms with van der Waals surface area (Å²) in [5, 5.41) is 23.5. The maximum Gasteiger partial charge on any atom is 0.407 e. The molecule has 0 aliphatic carbocycles. The maximum atomic E-state index is 15.7. The Bertz CT molecular complexity index is 2780. The Morgan fingerprint density at radius 2 is 1.36 bits per heavy atom. The zero-order valence-electron chi connectivity index (χ0n) is 35.7. The summed E-state index contributed by atoms with van der Waals surface area (Å²) in [6.07, 6.45) is -1.25. The lowest BCUT2D eigenvalue weighted by atomic mass is 10.1. The quantitative estimate of drug-likeness (QED) is 0.0660. The van der Waals surface area contributed by atoms with Gasteiger partial charge in [-0.1, -0.05) is 48.5 Å². The number of halogens is 1. The van der Waals surface area contributed by atoms with Crippen LogP contribution in [0.15, 0.2) is 119 Å².